The van der Waals surface area contributed by atoms with E-state index in [1.54, 1.807) is 17.1 Å². The number of nitrogens with two attached hydrogens (primary N) is 1. The maximum Gasteiger partial charge on any atom is 0.303 e. The molecule has 1 fully saturated rings. The van der Waals surface area contributed by atoms with E-state index in [1.165, 1.54) is 30.0 Å². The second-order valence-corrected chi connectivity index (χ2v) is 11.1. The van der Waals surface area contributed by atoms with Gasteiger partial charge in [-0.05, 0) is 0 Å². The highest BCUT2D eigenvalue weighted by molar-refractivity contribution is 8.00. The lowest BCUT2D eigenvalue weighted by Crippen LogP contribution is -2.71. The first kappa shape index (κ1) is 27.5. The summed E-state index contributed by atoms with van der Waals surface area (Å²) in [5, 5.41) is 19.1. The number of imidazole rings is 1. The van der Waals surface area contributed by atoms with Gasteiger partial charge in [-0.3, -0.25) is 19.3 Å². The first-order valence-electron chi connectivity index (χ1n) is 11.3. The molecule has 3 aromatic rings. The number of thiazole rings is 1. The predicted octanol–water partition coefficient (Wildman–Crippen LogP) is -1.46. The summed E-state index contributed by atoms with van der Waals surface area (Å²) in [5.41, 5.74) is 5.96. The van der Waals surface area contributed by atoms with Crippen LogP contribution < -0.4 is 20.7 Å². The third-order valence-electron chi connectivity index (χ3n) is 5.80. The Morgan fingerprint density at radius 2 is 2.20 bits per heavy atom. The van der Waals surface area contributed by atoms with E-state index in [-0.39, 0.29) is 35.6 Å². The Labute approximate surface area is 236 Å². The van der Waals surface area contributed by atoms with Gasteiger partial charge in [0.25, 0.3) is 18.7 Å². The Morgan fingerprint density at radius 3 is 2.88 bits per heavy atom. The first-order valence-corrected chi connectivity index (χ1v) is 14.0. The number of fused-ring (bicyclic) bond motifs is 2. The monoisotopic (exact) mass is 610 g/mol. The number of halogens is 1. The summed E-state index contributed by atoms with van der Waals surface area (Å²) in [6.45, 7) is 0.233. The van der Waals surface area contributed by atoms with Gasteiger partial charge in [0.1, 0.15) is 24.2 Å². The molecule has 0 saturated carbocycles. The number of amides is 2. The number of carbonyl (C=O) groups is 4. The van der Waals surface area contributed by atoms with Gasteiger partial charge >= 0.3 is 5.97 Å². The van der Waals surface area contributed by atoms with Crippen LogP contribution in [0.25, 0.3) is 4.83 Å². The van der Waals surface area contributed by atoms with Crippen LogP contribution in [0.2, 0.25) is 0 Å². The summed E-state index contributed by atoms with van der Waals surface area (Å²) in [4.78, 5) is 59.3. The van der Waals surface area contributed by atoms with Crippen molar-refractivity contribution in [3.05, 3.63) is 40.7 Å². The molecule has 0 aromatic carbocycles. The number of esters is 1. The van der Waals surface area contributed by atoms with Crippen LogP contribution in [0.1, 0.15) is 18.4 Å². The number of nitrogens with zero attached hydrogens (tertiary/aromatic N) is 6. The predicted molar refractivity (Wildman–Crippen MR) is 136 cm³/mol. The number of rotatable bonds is 10. The second-order valence-electron chi connectivity index (χ2n) is 8.37. The number of β-lactam (4-membered cyclic amide) rings is 1. The lowest BCUT2D eigenvalue weighted by molar-refractivity contribution is -0.687. The molecule has 210 valence electrons. The number of thioether (sulfide) groups is 1. The summed E-state index contributed by atoms with van der Waals surface area (Å²) < 4.78 is 25.0. The van der Waals surface area contributed by atoms with Crippen LogP contribution >= 0.6 is 34.6 Å². The van der Waals surface area contributed by atoms with E-state index in [1.807, 2.05) is 9.78 Å². The number of aromatic nitrogens is 4. The molecule has 19 heteroatoms. The maximum absolute atomic E-state index is 13.0. The summed E-state index contributed by atoms with van der Waals surface area (Å²) in [7, 11) is 0. The van der Waals surface area contributed by atoms with Gasteiger partial charge in [0.05, 0.1) is 11.7 Å². The van der Waals surface area contributed by atoms with Gasteiger partial charge in [0.2, 0.25) is 22.7 Å². The minimum atomic E-state index is -1.53. The quantitative estimate of drug-likeness (QED) is 0.0894. The number of carbonyl (C=O) groups excluding carboxylic acids is 4. The topological polar surface area (TPSA) is 198 Å². The second kappa shape index (κ2) is 11.2. The minimum Gasteiger partial charge on any atom is -0.543 e. The van der Waals surface area contributed by atoms with Crippen molar-refractivity contribution >= 4 is 74.1 Å². The molecule has 2 aliphatic heterocycles. The number of nitrogen functional groups attached to an aromatic ring is 1. The summed E-state index contributed by atoms with van der Waals surface area (Å²) in [6.07, 6.45) is 3.54. The summed E-state index contributed by atoms with van der Waals surface area (Å²) in [6, 6.07) is -1.10. The van der Waals surface area contributed by atoms with Crippen LogP contribution in [0.4, 0.5) is 9.52 Å². The van der Waals surface area contributed by atoms with Crippen molar-refractivity contribution in [1.82, 2.24) is 24.0 Å². The highest BCUT2D eigenvalue weighted by Crippen LogP contribution is 2.40. The molecule has 0 aliphatic carbocycles. The number of anilines is 1. The number of ether oxygens (including phenoxy) is 1. The van der Waals surface area contributed by atoms with Crippen LogP contribution in [0.15, 0.2) is 34.3 Å². The van der Waals surface area contributed by atoms with E-state index in [9.17, 15) is 28.7 Å². The van der Waals surface area contributed by atoms with Crippen LogP contribution in [0.5, 0.6) is 0 Å². The van der Waals surface area contributed by atoms with Crippen molar-refractivity contribution in [2.24, 2.45) is 5.16 Å². The zero-order valence-electron chi connectivity index (χ0n) is 20.4. The number of nitrogens with one attached hydrogen (secondary N) is 1. The first-order chi connectivity index (χ1) is 19.2. The largest absolute Gasteiger partial charge is 0.543 e. The average Bonchev–Trinajstić information content (AvgIpc) is 3.62. The standard InChI is InChI=1S/C21H19FN8O7S3/c1-9(31)36-4-11-6-38-12-3-28(8-29(11)12)2-10-5-39-19-14(18(33)30(19)15(10)20(34)35)24-17(32)13(26-37-7-22)16-25-21(23)40-27-16/h3,6,8,14,19H,2,4-5,7H2,1H3,(H3-,23,24,25,27,32,34,35)/b26-13-/t14-,19-/m1/s1. The summed E-state index contributed by atoms with van der Waals surface area (Å²) in [5.74, 6) is -3.53. The highest BCUT2D eigenvalue weighted by Gasteiger charge is 2.53. The fourth-order valence-corrected chi connectivity index (χ4v) is 6.81. The van der Waals surface area contributed by atoms with Crippen molar-refractivity contribution < 1.29 is 42.8 Å². The number of oxime groups is 1. The molecule has 5 heterocycles. The SMILES string of the molecule is CC(=O)OCc1csc2c[n+](CC3=C(C(=O)[O-])N4C(=O)[C@@H](NC(=O)/C(=N\OCF)c5nsc(N)n5)[C@H]4SC3)cn12. The zero-order chi connectivity index (χ0) is 28.6. The molecule has 0 bridgehead atoms. The third kappa shape index (κ3) is 5.21. The Kier molecular flexibility index (Phi) is 7.68. The Hall–Kier alpha value is -4.10. The van der Waals surface area contributed by atoms with E-state index in [4.69, 9.17) is 10.5 Å². The molecule has 5 rings (SSSR count). The van der Waals surface area contributed by atoms with Gasteiger partial charge in [-0.25, -0.2) is 8.96 Å². The minimum absolute atomic E-state index is 0.0299. The van der Waals surface area contributed by atoms with Crippen molar-refractivity contribution in [3.8, 4) is 0 Å². The molecule has 3 aromatic heterocycles. The van der Waals surface area contributed by atoms with Crippen molar-refractivity contribution in [2.75, 3.05) is 18.3 Å². The van der Waals surface area contributed by atoms with E-state index >= 15 is 0 Å². The molecular weight excluding hydrogens is 591 g/mol. The van der Waals surface area contributed by atoms with Crippen molar-refractivity contribution in [1.29, 1.82) is 0 Å². The van der Waals surface area contributed by atoms with Gasteiger partial charge < -0.3 is 30.5 Å². The molecule has 1 saturated heterocycles. The number of carboxylic acids is 1. The van der Waals surface area contributed by atoms with Gasteiger partial charge in [0, 0.05) is 35.2 Å². The molecule has 40 heavy (non-hydrogen) atoms. The maximum atomic E-state index is 13.0. The average molecular weight is 611 g/mol. The van der Waals surface area contributed by atoms with Crippen LogP contribution in [0, 0.1) is 0 Å². The van der Waals surface area contributed by atoms with Crippen molar-refractivity contribution in [2.45, 2.75) is 31.5 Å². The smallest absolute Gasteiger partial charge is 0.303 e. The van der Waals surface area contributed by atoms with Crippen LogP contribution in [0.3, 0.4) is 0 Å². The van der Waals surface area contributed by atoms with E-state index in [2.05, 4.69) is 24.7 Å². The van der Waals surface area contributed by atoms with E-state index < -0.39 is 47.7 Å². The molecule has 0 spiro atoms. The fraction of sp³-hybridized carbons (Fsp3) is 0.333. The van der Waals surface area contributed by atoms with E-state index in [0.29, 0.717) is 5.57 Å². The number of hydrogen-bond donors (Lipinski definition) is 2. The molecule has 2 aliphatic rings. The van der Waals surface area contributed by atoms with Crippen LogP contribution in [-0.4, -0.2) is 72.2 Å². The Bertz CT molecular complexity index is 1580. The van der Waals surface area contributed by atoms with E-state index in [0.717, 1.165) is 27.0 Å². The molecule has 2 amide bonds. The number of carboxylic acid groups (broad SMARTS) is 1. The van der Waals surface area contributed by atoms with Gasteiger partial charge in [-0.1, -0.05) is 16.5 Å². The summed E-state index contributed by atoms with van der Waals surface area (Å²) >= 11 is 3.45. The third-order valence-corrected chi connectivity index (χ3v) is 8.62. The normalized spacial score (nSPS) is 18.9. The molecule has 2 atom stereocenters. The zero-order valence-corrected chi connectivity index (χ0v) is 22.9. The number of alkyl halides is 1. The molecule has 15 nitrogen and oxygen atoms in total. The van der Waals surface area contributed by atoms with Crippen molar-refractivity contribution in [3.63, 3.8) is 0 Å². The Morgan fingerprint density at radius 1 is 1.40 bits per heavy atom. The number of hydrogen-bond acceptors (Lipinski definition) is 14. The van der Waals surface area contributed by atoms with Gasteiger partial charge in [-0.2, -0.15) is 13.8 Å². The molecule has 0 radical (unpaired) electrons. The molecule has 0 unspecified atom stereocenters. The van der Waals surface area contributed by atoms with Gasteiger partial charge in [0.15, 0.2) is 17.4 Å². The lowest BCUT2D eigenvalue weighted by Gasteiger charge is -2.50. The van der Waals surface area contributed by atoms with Gasteiger partial charge in [-0.15, -0.1) is 11.8 Å². The van der Waals surface area contributed by atoms with Crippen LogP contribution in [-0.2, 0) is 41.9 Å². The lowest BCUT2D eigenvalue weighted by atomic mass is 10.0. The molecule has 3 N–H and O–H groups in total. The molecular formula is C21H19FN8O7S3. The Balaban J connectivity index is 1.33. The fourth-order valence-electron chi connectivity index (χ4n) is 4.12. The number of aliphatic carboxylic acids is 1. The highest BCUT2D eigenvalue weighted by atomic mass is 32.2.